The first-order valence-electron chi connectivity index (χ1n) is 7.14. The van der Waals surface area contributed by atoms with Crippen LogP contribution in [0.15, 0.2) is 18.2 Å². The van der Waals surface area contributed by atoms with Gasteiger partial charge in [-0.2, -0.15) is 0 Å². The Morgan fingerprint density at radius 2 is 2.19 bits per heavy atom. The highest BCUT2D eigenvalue weighted by Crippen LogP contribution is 2.38. The fourth-order valence-corrected chi connectivity index (χ4v) is 2.95. The van der Waals surface area contributed by atoms with Crippen LogP contribution in [0.1, 0.15) is 38.2 Å². The van der Waals surface area contributed by atoms with Crippen LogP contribution >= 0.6 is 11.6 Å². The number of benzene rings is 1. The smallest absolute Gasteiger partial charge is 0.319 e. The summed E-state index contributed by atoms with van der Waals surface area (Å²) in [4.78, 5) is 24.7. The summed E-state index contributed by atoms with van der Waals surface area (Å²) < 4.78 is 18.7. The molecule has 21 heavy (non-hydrogen) atoms. The molecule has 0 saturated heterocycles. The highest BCUT2D eigenvalue weighted by Gasteiger charge is 2.47. The monoisotopic (exact) mass is 312 g/mol. The van der Waals surface area contributed by atoms with Crippen LogP contribution in [0.25, 0.3) is 0 Å². The van der Waals surface area contributed by atoms with E-state index in [2.05, 4.69) is 0 Å². The number of carbonyl (C=O) groups is 2. The number of esters is 1. The molecule has 5 heteroatoms. The maximum Gasteiger partial charge on any atom is 0.319 e. The minimum absolute atomic E-state index is 0.0268. The zero-order chi connectivity index (χ0) is 15.5. The van der Waals surface area contributed by atoms with E-state index in [-0.39, 0.29) is 23.8 Å². The van der Waals surface area contributed by atoms with Gasteiger partial charge in [0.15, 0.2) is 5.78 Å². The predicted octanol–water partition coefficient (Wildman–Crippen LogP) is 3.71. The highest BCUT2D eigenvalue weighted by molar-refractivity contribution is 6.30. The number of halogens is 2. The largest absolute Gasteiger partial charge is 0.465 e. The number of carbonyl (C=O) groups excluding carboxylic acids is 2. The van der Waals surface area contributed by atoms with E-state index in [0.717, 1.165) is 12.8 Å². The van der Waals surface area contributed by atoms with Gasteiger partial charge in [0, 0.05) is 6.42 Å². The van der Waals surface area contributed by atoms with E-state index in [1.165, 1.54) is 12.1 Å². The molecule has 1 unspecified atom stereocenters. The van der Waals surface area contributed by atoms with Gasteiger partial charge in [-0.3, -0.25) is 9.59 Å². The van der Waals surface area contributed by atoms with Crippen molar-refractivity contribution in [2.24, 2.45) is 5.41 Å². The molecule has 0 aromatic heterocycles. The third-order valence-electron chi connectivity index (χ3n) is 3.95. The van der Waals surface area contributed by atoms with Crippen molar-refractivity contribution < 1.29 is 18.7 Å². The number of ketones is 1. The Morgan fingerprint density at radius 3 is 2.81 bits per heavy atom. The molecular formula is C16H18ClFO3. The highest BCUT2D eigenvalue weighted by atomic mass is 35.5. The quantitative estimate of drug-likeness (QED) is 0.628. The van der Waals surface area contributed by atoms with Gasteiger partial charge < -0.3 is 4.74 Å². The van der Waals surface area contributed by atoms with Crippen LogP contribution in [0.4, 0.5) is 4.39 Å². The second-order valence-corrected chi connectivity index (χ2v) is 5.77. The zero-order valence-electron chi connectivity index (χ0n) is 12.0. The molecule has 0 heterocycles. The molecule has 3 nitrogen and oxygen atoms in total. The van der Waals surface area contributed by atoms with Crippen molar-refractivity contribution in [1.82, 2.24) is 0 Å². The Kier molecular flexibility index (Phi) is 4.99. The molecule has 1 aromatic carbocycles. The molecule has 1 aromatic rings. The number of Topliss-reactive ketones (excluding diaryl/α,β-unsaturated/α-hetero) is 1. The lowest BCUT2D eigenvalue weighted by Crippen LogP contribution is -2.44. The third-order valence-corrected chi connectivity index (χ3v) is 4.25. The SMILES string of the molecule is CCOC(=O)C1(Cc2ccc(Cl)c(F)c2)CCCCC1=O. The molecular weight excluding hydrogens is 295 g/mol. The summed E-state index contributed by atoms with van der Waals surface area (Å²) in [5.74, 6) is -1.15. The van der Waals surface area contributed by atoms with Gasteiger partial charge in [-0.05, 0) is 43.9 Å². The first-order valence-corrected chi connectivity index (χ1v) is 7.52. The van der Waals surface area contributed by atoms with Crippen LogP contribution in [0.2, 0.25) is 5.02 Å². The van der Waals surface area contributed by atoms with Crippen molar-refractivity contribution in [2.75, 3.05) is 6.61 Å². The maximum absolute atomic E-state index is 13.6. The van der Waals surface area contributed by atoms with Crippen LogP contribution in [-0.2, 0) is 20.7 Å². The summed E-state index contributed by atoms with van der Waals surface area (Å²) >= 11 is 5.67. The van der Waals surface area contributed by atoms with Crippen molar-refractivity contribution in [3.8, 4) is 0 Å². The summed E-state index contributed by atoms with van der Waals surface area (Å²) in [5.41, 5.74) is -0.589. The predicted molar refractivity (Wildman–Crippen MR) is 77.7 cm³/mol. The van der Waals surface area contributed by atoms with Gasteiger partial charge in [-0.15, -0.1) is 0 Å². The summed E-state index contributed by atoms with van der Waals surface area (Å²) in [6.07, 6.45) is 2.57. The molecule has 0 amide bonds. The average Bonchev–Trinajstić information content (AvgIpc) is 2.45. The molecule has 0 N–H and O–H groups in total. The first kappa shape index (κ1) is 16.0. The number of rotatable bonds is 4. The number of ether oxygens (including phenoxy) is 1. The topological polar surface area (TPSA) is 43.4 Å². The van der Waals surface area contributed by atoms with Crippen LogP contribution < -0.4 is 0 Å². The standard InChI is InChI=1S/C16H18ClFO3/c1-2-21-15(20)16(8-4-3-5-14(16)19)10-11-6-7-12(17)13(18)9-11/h6-7,9H,2-5,8,10H2,1H3. The molecule has 1 fully saturated rings. The first-order chi connectivity index (χ1) is 9.99. The molecule has 0 aliphatic heterocycles. The van der Waals surface area contributed by atoms with E-state index < -0.39 is 17.2 Å². The lowest BCUT2D eigenvalue weighted by Gasteiger charge is -2.33. The number of hydrogen-bond donors (Lipinski definition) is 0. The number of hydrogen-bond acceptors (Lipinski definition) is 3. The molecule has 0 bridgehead atoms. The average molecular weight is 313 g/mol. The molecule has 0 spiro atoms. The summed E-state index contributed by atoms with van der Waals surface area (Å²) in [6.45, 7) is 1.93. The maximum atomic E-state index is 13.6. The van der Waals surface area contributed by atoms with Gasteiger partial charge in [0.05, 0.1) is 11.6 Å². The zero-order valence-corrected chi connectivity index (χ0v) is 12.7. The van der Waals surface area contributed by atoms with Crippen LogP contribution in [0.3, 0.4) is 0 Å². The fraction of sp³-hybridized carbons (Fsp3) is 0.500. The molecule has 114 valence electrons. The Labute approximate surface area is 128 Å². The van der Waals surface area contributed by atoms with E-state index in [1.807, 2.05) is 0 Å². The van der Waals surface area contributed by atoms with Gasteiger partial charge >= 0.3 is 5.97 Å². The van der Waals surface area contributed by atoms with Crippen molar-refractivity contribution in [3.05, 3.63) is 34.6 Å². The second kappa shape index (κ2) is 6.56. The van der Waals surface area contributed by atoms with E-state index >= 15 is 0 Å². The fourth-order valence-electron chi connectivity index (χ4n) is 2.83. The summed E-state index contributed by atoms with van der Waals surface area (Å²) in [6, 6.07) is 4.37. The molecule has 0 radical (unpaired) electrons. The van der Waals surface area contributed by atoms with Gasteiger partial charge in [-0.1, -0.05) is 24.1 Å². The summed E-state index contributed by atoms with van der Waals surface area (Å²) in [5, 5.41) is 0.0268. The van der Waals surface area contributed by atoms with Crippen LogP contribution in [-0.4, -0.2) is 18.4 Å². The Morgan fingerprint density at radius 1 is 1.43 bits per heavy atom. The lowest BCUT2D eigenvalue weighted by molar-refractivity contribution is -0.162. The van der Waals surface area contributed by atoms with Crippen molar-refractivity contribution >= 4 is 23.4 Å². The Hall–Kier alpha value is -1.42. The Bertz CT molecular complexity index is 558. The molecule has 1 atom stereocenters. The van der Waals surface area contributed by atoms with Gasteiger partial charge in [0.25, 0.3) is 0 Å². The minimum Gasteiger partial charge on any atom is -0.465 e. The van der Waals surface area contributed by atoms with Crippen molar-refractivity contribution in [2.45, 2.75) is 39.0 Å². The van der Waals surface area contributed by atoms with Crippen LogP contribution in [0, 0.1) is 11.2 Å². The third kappa shape index (κ3) is 3.26. The normalized spacial score (nSPS) is 22.1. The minimum atomic E-state index is -1.17. The van der Waals surface area contributed by atoms with Crippen molar-refractivity contribution in [3.63, 3.8) is 0 Å². The molecule has 1 aliphatic rings. The lowest BCUT2D eigenvalue weighted by atomic mass is 9.69. The molecule has 1 aliphatic carbocycles. The van der Waals surface area contributed by atoms with E-state index in [1.54, 1.807) is 13.0 Å². The van der Waals surface area contributed by atoms with E-state index in [9.17, 15) is 14.0 Å². The second-order valence-electron chi connectivity index (χ2n) is 5.36. The molecule has 1 saturated carbocycles. The van der Waals surface area contributed by atoms with Gasteiger partial charge in [0.2, 0.25) is 0 Å². The van der Waals surface area contributed by atoms with E-state index in [4.69, 9.17) is 16.3 Å². The van der Waals surface area contributed by atoms with Gasteiger partial charge in [-0.25, -0.2) is 4.39 Å². The van der Waals surface area contributed by atoms with Gasteiger partial charge in [0.1, 0.15) is 11.2 Å². The Balaban J connectivity index is 2.33. The van der Waals surface area contributed by atoms with Crippen molar-refractivity contribution in [1.29, 1.82) is 0 Å². The molecule has 2 rings (SSSR count). The van der Waals surface area contributed by atoms with Crippen LogP contribution in [0.5, 0.6) is 0 Å². The summed E-state index contributed by atoms with van der Waals surface area (Å²) in [7, 11) is 0. The van der Waals surface area contributed by atoms with E-state index in [0.29, 0.717) is 18.4 Å².